The molecule has 3 nitrogen and oxygen atoms in total. The zero-order valence-electron chi connectivity index (χ0n) is 8.68. The van der Waals surface area contributed by atoms with Crippen molar-refractivity contribution in [3.05, 3.63) is 42.0 Å². The molecule has 1 rings (SSSR count). The molecule has 1 aromatic rings. The predicted octanol–water partition coefficient (Wildman–Crippen LogP) is 1.76. The molecular weight excluding hydrogens is 190 g/mol. The number of hydrogen-bond acceptors (Lipinski definition) is 2. The van der Waals surface area contributed by atoms with Crippen molar-refractivity contribution >= 4 is 12.0 Å². The van der Waals surface area contributed by atoms with Gasteiger partial charge < -0.3 is 10.4 Å². The summed E-state index contributed by atoms with van der Waals surface area (Å²) in [5, 5.41) is 11.5. The Bertz CT molecular complexity index is 333. The molecule has 0 unspecified atom stereocenters. The summed E-state index contributed by atoms with van der Waals surface area (Å²) in [4.78, 5) is 10.5. The van der Waals surface area contributed by atoms with E-state index in [0.29, 0.717) is 6.54 Å². The highest BCUT2D eigenvalue weighted by Gasteiger charge is 2.06. The molecule has 1 aromatic carbocycles. The minimum absolute atomic E-state index is 0.509. The molecule has 0 fully saturated rings. The number of carbonyl (C=O) groups is 1. The Balaban J connectivity index is 2.32. The Morgan fingerprint density at radius 2 is 2.13 bits per heavy atom. The third-order valence-electron chi connectivity index (χ3n) is 2.02. The van der Waals surface area contributed by atoms with E-state index in [1.54, 1.807) is 6.92 Å². The summed E-state index contributed by atoms with van der Waals surface area (Å²) in [6, 6.07) is 9.38. The maximum Gasteiger partial charge on any atom is 0.320 e. The van der Waals surface area contributed by atoms with Gasteiger partial charge in [-0.1, -0.05) is 42.5 Å². The number of rotatable bonds is 5. The molecule has 0 radical (unpaired) electrons. The molecule has 0 aliphatic heterocycles. The zero-order chi connectivity index (χ0) is 11.1. The van der Waals surface area contributed by atoms with Crippen LogP contribution in [0.5, 0.6) is 0 Å². The van der Waals surface area contributed by atoms with Gasteiger partial charge in [-0.25, -0.2) is 0 Å². The van der Waals surface area contributed by atoms with Gasteiger partial charge >= 0.3 is 5.97 Å². The monoisotopic (exact) mass is 205 g/mol. The molecule has 80 valence electrons. The number of nitrogens with one attached hydrogen (secondary N) is 1. The van der Waals surface area contributed by atoms with E-state index < -0.39 is 12.0 Å². The van der Waals surface area contributed by atoms with Gasteiger partial charge in [0.25, 0.3) is 0 Å². The highest BCUT2D eigenvalue weighted by molar-refractivity contribution is 5.72. The topological polar surface area (TPSA) is 49.3 Å². The number of aliphatic carboxylic acids is 1. The SMILES string of the molecule is C[C@H](NCC=Cc1ccccc1)C(=O)O. The molecule has 0 amide bonds. The van der Waals surface area contributed by atoms with Gasteiger partial charge in [0.15, 0.2) is 0 Å². The van der Waals surface area contributed by atoms with Gasteiger partial charge in [-0.05, 0) is 12.5 Å². The van der Waals surface area contributed by atoms with Gasteiger partial charge in [-0.15, -0.1) is 0 Å². The molecule has 0 aliphatic carbocycles. The van der Waals surface area contributed by atoms with Crippen molar-refractivity contribution in [2.24, 2.45) is 0 Å². The van der Waals surface area contributed by atoms with Gasteiger partial charge in [-0.3, -0.25) is 4.79 Å². The minimum Gasteiger partial charge on any atom is -0.480 e. The molecule has 1 atom stereocenters. The van der Waals surface area contributed by atoms with Crippen molar-refractivity contribution in [1.82, 2.24) is 5.32 Å². The highest BCUT2D eigenvalue weighted by Crippen LogP contribution is 1.99. The second-order valence-electron chi connectivity index (χ2n) is 3.28. The lowest BCUT2D eigenvalue weighted by atomic mass is 10.2. The summed E-state index contributed by atoms with van der Waals surface area (Å²) in [5.41, 5.74) is 1.11. The van der Waals surface area contributed by atoms with Crippen LogP contribution < -0.4 is 5.32 Å². The molecular formula is C12H15NO2. The molecule has 0 saturated carbocycles. The molecule has 0 saturated heterocycles. The number of carboxylic acid groups (broad SMARTS) is 1. The van der Waals surface area contributed by atoms with Crippen molar-refractivity contribution < 1.29 is 9.90 Å². The molecule has 0 heterocycles. The zero-order valence-corrected chi connectivity index (χ0v) is 8.68. The van der Waals surface area contributed by atoms with Gasteiger partial charge in [0.05, 0.1) is 0 Å². The van der Waals surface area contributed by atoms with Crippen LogP contribution in [0, 0.1) is 0 Å². The maximum atomic E-state index is 10.5. The van der Waals surface area contributed by atoms with E-state index >= 15 is 0 Å². The van der Waals surface area contributed by atoms with Crippen LogP contribution in [0.25, 0.3) is 6.08 Å². The lowest BCUT2D eigenvalue weighted by Crippen LogP contribution is -2.33. The molecule has 0 spiro atoms. The van der Waals surface area contributed by atoms with E-state index in [1.807, 2.05) is 42.5 Å². The number of hydrogen-bond donors (Lipinski definition) is 2. The second-order valence-corrected chi connectivity index (χ2v) is 3.28. The summed E-state index contributed by atoms with van der Waals surface area (Å²) >= 11 is 0. The molecule has 15 heavy (non-hydrogen) atoms. The summed E-state index contributed by atoms with van der Waals surface area (Å²) in [5.74, 6) is -0.830. The fourth-order valence-electron chi connectivity index (χ4n) is 1.09. The van der Waals surface area contributed by atoms with Crippen LogP contribution in [0.15, 0.2) is 36.4 Å². The van der Waals surface area contributed by atoms with Crippen LogP contribution in [0.4, 0.5) is 0 Å². The maximum absolute atomic E-state index is 10.5. The standard InChI is InChI=1S/C12H15NO2/c1-10(12(14)15)13-9-5-8-11-6-3-2-4-7-11/h2-8,10,13H,9H2,1H3,(H,14,15)/t10-/m0/s1. The average Bonchev–Trinajstić information content (AvgIpc) is 2.25. The Kier molecular flexibility index (Phi) is 4.57. The first kappa shape index (κ1) is 11.5. The van der Waals surface area contributed by atoms with E-state index in [9.17, 15) is 4.79 Å². The Morgan fingerprint density at radius 3 is 2.73 bits per heavy atom. The quantitative estimate of drug-likeness (QED) is 0.770. The fraction of sp³-hybridized carbons (Fsp3) is 0.250. The number of carboxylic acids is 1. The predicted molar refractivity (Wildman–Crippen MR) is 60.6 cm³/mol. The molecule has 0 aromatic heterocycles. The minimum atomic E-state index is -0.830. The summed E-state index contributed by atoms with van der Waals surface area (Å²) < 4.78 is 0. The van der Waals surface area contributed by atoms with E-state index in [1.165, 1.54) is 0 Å². The fourth-order valence-corrected chi connectivity index (χ4v) is 1.09. The third-order valence-corrected chi connectivity index (χ3v) is 2.02. The van der Waals surface area contributed by atoms with Gasteiger partial charge in [0.1, 0.15) is 6.04 Å². The largest absolute Gasteiger partial charge is 0.480 e. The first-order valence-corrected chi connectivity index (χ1v) is 4.88. The molecule has 0 aliphatic rings. The third kappa shape index (κ3) is 4.42. The highest BCUT2D eigenvalue weighted by atomic mass is 16.4. The smallest absolute Gasteiger partial charge is 0.320 e. The second kappa shape index (κ2) is 5.98. The number of benzene rings is 1. The first-order valence-electron chi connectivity index (χ1n) is 4.88. The lowest BCUT2D eigenvalue weighted by Gasteiger charge is -2.05. The van der Waals surface area contributed by atoms with Crippen LogP contribution >= 0.6 is 0 Å². The van der Waals surface area contributed by atoms with Crippen molar-refractivity contribution in [3.8, 4) is 0 Å². The summed E-state index contributed by atoms with van der Waals surface area (Å²) in [6.45, 7) is 2.18. The summed E-state index contributed by atoms with van der Waals surface area (Å²) in [6.07, 6.45) is 3.87. The van der Waals surface area contributed by atoms with E-state index in [-0.39, 0.29) is 0 Å². The van der Waals surface area contributed by atoms with Crippen molar-refractivity contribution in [1.29, 1.82) is 0 Å². The van der Waals surface area contributed by atoms with Crippen LogP contribution in [-0.4, -0.2) is 23.7 Å². The van der Waals surface area contributed by atoms with E-state index in [0.717, 1.165) is 5.56 Å². The van der Waals surface area contributed by atoms with Crippen LogP contribution in [0.3, 0.4) is 0 Å². The van der Waals surface area contributed by atoms with Crippen molar-refractivity contribution in [3.63, 3.8) is 0 Å². The molecule has 2 N–H and O–H groups in total. The first-order chi connectivity index (χ1) is 7.20. The van der Waals surface area contributed by atoms with Gasteiger partial charge in [-0.2, -0.15) is 0 Å². The van der Waals surface area contributed by atoms with Gasteiger partial charge in [0, 0.05) is 6.54 Å². The Morgan fingerprint density at radius 1 is 1.47 bits per heavy atom. The van der Waals surface area contributed by atoms with Crippen LogP contribution in [0.1, 0.15) is 12.5 Å². The average molecular weight is 205 g/mol. The Labute approximate surface area is 89.4 Å². The molecule has 0 bridgehead atoms. The molecule has 3 heteroatoms. The van der Waals surface area contributed by atoms with Crippen LogP contribution in [0.2, 0.25) is 0 Å². The lowest BCUT2D eigenvalue weighted by molar-refractivity contribution is -0.138. The van der Waals surface area contributed by atoms with Gasteiger partial charge in [0.2, 0.25) is 0 Å². The summed E-state index contributed by atoms with van der Waals surface area (Å²) in [7, 11) is 0. The van der Waals surface area contributed by atoms with E-state index in [4.69, 9.17) is 5.11 Å². The van der Waals surface area contributed by atoms with Crippen molar-refractivity contribution in [2.75, 3.05) is 6.54 Å². The van der Waals surface area contributed by atoms with Crippen LogP contribution in [-0.2, 0) is 4.79 Å². The van der Waals surface area contributed by atoms with E-state index in [2.05, 4.69) is 5.32 Å². The normalized spacial score (nSPS) is 12.9. The Hall–Kier alpha value is -1.61. The van der Waals surface area contributed by atoms with Crippen molar-refractivity contribution in [2.45, 2.75) is 13.0 Å².